The zero-order chi connectivity index (χ0) is 12.2. The second kappa shape index (κ2) is 5.34. The molecule has 1 rings (SSSR count). The van der Waals surface area contributed by atoms with Crippen molar-refractivity contribution in [3.8, 4) is 17.6 Å². The van der Waals surface area contributed by atoms with E-state index in [0.717, 1.165) is 0 Å². The molecule has 16 heavy (non-hydrogen) atoms. The highest BCUT2D eigenvalue weighted by atomic mass is 79.9. The van der Waals surface area contributed by atoms with Crippen molar-refractivity contribution in [1.82, 2.24) is 0 Å². The standard InChI is InChI=1S/C10H10BrNO3S/c1-2-3-6-15-9-5-4-8(11)7-10(9)16(12,13)14/h4-5,7H,6H2,1H3,(H2,12,13,14). The zero-order valence-electron chi connectivity index (χ0n) is 8.53. The number of sulfonamides is 1. The fourth-order valence-electron chi connectivity index (χ4n) is 1.01. The maximum absolute atomic E-state index is 11.3. The lowest BCUT2D eigenvalue weighted by Gasteiger charge is -2.07. The van der Waals surface area contributed by atoms with Crippen molar-refractivity contribution in [2.24, 2.45) is 5.14 Å². The molecule has 1 aromatic rings. The lowest BCUT2D eigenvalue weighted by atomic mass is 10.3. The van der Waals surface area contributed by atoms with E-state index in [-0.39, 0.29) is 17.3 Å². The average Bonchev–Trinajstić information content (AvgIpc) is 2.19. The number of benzene rings is 1. The fraction of sp³-hybridized carbons (Fsp3) is 0.200. The first-order chi connectivity index (χ1) is 7.45. The highest BCUT2D eigenvalue weighted by Gasteiger charge is 2.15. The van der Waals surface area contributed by atoms with E-state index in [9.17, 15) is 8.42 Å². The Bertz CT molecular complexity index is 543. The van der Waals surface area contributed by atoms with Gasteiger partial charge in [-0.25, -0.2) is 13.6 Å². The summed E-state index contributed by atoms with van der Waals surface area (Å²) in [6, 6.07) is 4.59. The lowest BCUT2D eigenvalue weighted by molar-refractivity contribution is 0.360. The number of ether oxygens (including phenoxy) is 1. The maximum Gasteiger partial charge on any atom is 0.241 e. The summed E-state index contributed by atoms with van der Waals surface area (Å²) < 4.78 is 28.4. The summed E-state index contributed by atoms with van der Waals surface area (Å²) in [5, 5.41) is 5.07. The summed E-state index contributed by atoms with van der Waals surface area (Å²) >= 11 is 3.17. The van der Waals surface area contributed by atoms with Gasteiger partial charge in [0, 0.05) is 4.47 Å². The Morgan fingerprint density at radius 2 is 2.19 bits per heavy atom. The van der Waals surface area contributed by atoms with Crippen LogP contribution < -0.4 is 9.88 Å². The summed E-state index contributed by atoms with van der Waals surface area (Å²) in [6.45, 7) is 1.80. The van der Waals surface area contributed by atoms with Crippen molar-refractivity contribution in [1.29, 1.82) is 0 Å². The van der Waals surface area contributed by atoms with Crippen molar-refractivity contribution >= 4 is 26.0 Å². The molecule has 0 amide bonds. The molecule has 4 nitrogen and oxygen atoms in total. The van der Waals surface area contributed by atoms with Crippen molar-refractivity contribution in [3.63, 3.8) is 0 Å². The summed E-state index contributed by atoms with van der Waals surface area (Å²) in [5.41, 5.74) is 0. The van der Waals surface area contributed by atoms with E-state index in [1.165, 1.54) is 12.1 Å². The molecule has 86 valence electrons. The summed E-state index contributed by atoms with van der Waals surface area (Å²) in [7, 11) is -3.80. The van der Waals surface area contributed by atoms with Crippen LogP contribution in [0.15, 0.2) is 27.6 Å². The Kier molecular flexibility index (Phi) is 4.35. The molecule has 0 aliphatic heterocycles. The first kappa shape index (κ1) is 13.0. The molecule has 0 atom stereocenters. The molecule has 0 saturated carbocycles. The molecular weight excluding hydrogens is 294 g/mol. The molecule has 6 heteroatoms. The van der Waals surface area contributed by atoms with Gasteiger partial charge in [-0.15, -0.1) is 5.92 Å². The third-order valence-electron chi connectivity index (χ3n) is 1.69. The van der Waals surface area contributed by atoms with E-state index in [1.807, 2.05) is 0 Å². The van der Waals surface area contributed by atoms with Gasteiger partial charge in [0.1, 0.15) is 17.3 Å². The van der Waals surface area contributed by atoms with E-state index in [4.69, 9.17) is 9.88 Å². The molecule has 0 saturated heterocycles. The predicted molar refractivity (Wildman–Crippen MR) is 64.5 cm³/mol. The molecule has 0 aliphatic carbocycles. The first-order valence-electron chi connectivity index (χ1n) is 4.30. The number of nitrogens with two attached hydrogens (primary N) is 1. The number of hydrogen-bond donors (Lipinski definition) is 1. The highest BCUT2D eigenvalue weighted by molar-refractivity contribution is 9.10. The molecule has 0 fully saturated rings. The molecule has 0 spiro atoms. The van der Waals surface area contributed by atoms with Gasteiger partial charge in [0.05, 0.1) is 0 Å². The van der Waals surface area contributed by atoms with E-state index < -0.39 is 10.0 Å². The molecule has 0 unspecified atom stereocenters. The Morgan fingerprint density at radius 3 is 2.75 bits per heavy atom. The maximum atomic E-state index is 11.3. The molecule has 0 aromatic heterocycles. The predicted octanol–water partition coefficient (Wildman–Crippen LogP) is 1.50. The second-order valence-electron chi connectivity index (χ2n) is 2.85. The van der Waals surface area contributed by atoms with Crippen LogP contribution >= 0.6 is 15.9 Å². The van der Waals surface area contributed by atoms with E-state index in [1.54, 1.807) is 13.0 Å². The van der Waals surface area contributed by atoms with Crippen LogP contribution in [0.25, 0.3) is 0 Å². The van der Waals surface area contributed by atoms with Gasteiger partial charge in [-0.2, -0.15) is 0 Å². The van der Waals surface area contributed by atoms with Crippen molar-refractivity contribution in [3.05, 3.63) is 22.7 Å². The molecular formula is C10H10BrNO3S. The largest absolute Gasteiger partial charge is 0.480 e. The van der Waals surface area contributed by atoms with Gasteiger partial charge in [0.2, 0.25) is 10.0 Å². The van der Waals surface area contributed by atoms with Crippen LogP contribution in [-0.4, -0.2) is 15.0 Å². The van der Waals surface area contributed by atoms with Crippen LogP contribution in [0.2, 0.25) is 0 Å². The molecule has 1 aromatic carbocycles. The Morgan fingerprint density at radius 1 is 1.50 bits per heavy atom. The quantitative estimate of drug-likeness (QED) is 0.860. The van der Waals surface area contributed by atoms with Crippen LogP contribution in [0.1, 0.15) is 6.92 Å². The average molecular weight is 304 g/mol. The number of primary sulfonamides is 1. The van der Waals surface area contributed by atoms with Gasteiger partial charge in [-0.05, 0) is 25.1 Å². The molecule has 0 heterocycles. The number of rotatable bonds is 3. The zero-order valence-corrected chi connectivity index (χ0v) is 10.9. The van der Waals surface area contributed by atoms with Gasteiger partial charge in [-0.3, -0.25) is 0 Å². The minimum absolute atomic E-state index is 0.0558. The monoisotopic (exact) mass is 303 g/mol. The van der Waals surface area contributed by atoms with Crippen molar-refractivity contribution < 1.29 is 13.2 Å². The minimum atomic E-state index is -3.80. The Labute approximate surface area is 103 Å². The number of hydrogen-bond acceptors (Lipinski definition) is 3. The van der Waals surface area contributed by atoms with Crippen molar-refractivity contribution in [2.45, 2.75) is 11.8 Å². The summed E-state index contributed by atoms with van der Waals surface area (Å²) in [6.07, 6.45) is 0. The van der Waals surface area contributed by atoms with Gasteiger partial charge < -0.3 is 4.74 Å². The molecule has 2 N–H and O–H groups in total. The normalized spacial score (nSPS) is 10.4. The molecule has 0 bridgehead atoms. The molecule has 0 aliphatic rings. The lowest BCUT2D eigenvalue weighted by Crippen LogP contribution is -2.14. The summed E-state index contributed by atoms with van der Waals surface area (Å²) in [5.74, 6) is 5.52. The van der Waals surface area contributed by atoms with Crippen molar-refractivity contribution in [2.75, 3.05) is 6.61 Å². The van der Waals surface area contributed by atoms with E-state index in [2.05, 4.69) is 27.8 Å². The van der Waals surface area contributed by atoms with Crippen LogP contribution in [0, 0.1) is 11.8 Å². The second-order valence-corrected chi connectivity index (χ2v) is 5.30. The van der Waals surface area contributed by atoms with Crippen LogP contribution in [0.5, 0.6) is 5.75 Å². The molecule has 0 radical (unpaired) electrons. The third-order valence-corrected chi connectivity index (χ3v) is 3.11. The Balaban J connectivity index is 3.12. The SMILES string of the molecule is CC#CCOc1ccc(Br)cc1S(N)(=O)=O. The Hall–Kier alpha value is -1.03. The topological polar surface area (TPSA) is 69.4 Å². The van der Waals surface area contributed by atoms with Crippen LogP contribution in [0.4, 0.5) is 0 Å². The minimum Gasteiger partial charge on any atom is -0.480 e. The van der Waals surface area contributed by atoms with Crippen LogP contribution in [-0.2, 0) is 10.0 Å². The smallest absolute Gasteiger partial charge is 0.241 e. The third kappa shape index (κ3) is 3.52. The van der Waals surface area contributed by atoms with Gasteiger partial charge >= 0.3 is 0 Å². The van der Waals surface area contributed by atoms with Gasteiger partial charge in [0.15, 0.2) is 0 Å². The fourth-order valence-corrected chi connectivity index (χ4v) is 2.22. The number of halogens is 1. The van der Waals surface area contributed by atoms with Gasteiger partial charge in [0.25, 0.3) is 0 Å². The first-order valence-corrected chi connectivity index (χ1v) is 6.64. The van der Waals surface area contributed by atoms with E-state index in [0.29, 0.717) is 4.47 Å². The van der Waals surface area contributed by atoms with E-state index >= 15 is 0 Å². The van der Waals surface area contributed by atoms with Crippen LogP contribution in [0.3, 0.4) is 0 Å². The summed E-state index contributed by atoms with van der Waals surface area (Å²) in [4.78, 5) is -0.0558. The van der Waals surface area contributed by atoms with Gasteiger partial charge in [-0.1, -0.05) is 21.9 Å². The highest BCUT2D eigenvalue weighted by Crippen LogP contribution is 2.26.